The summed E-state index contributed by atoms with van der Waals surface area (Å²) in [4.78, 5) is 30.9. The Labute approximate surface area is 269 Å². The van der Waals surface area contributed by atoms with Gasteiger partial charge in [-0.05, 0) is 82.6 Å². The van der Waals surface area contributed by atoms with Crippen molar-refractivity contribution in [2.45, 2.75) is 168 Å². The highest BCUT2D eigenvalue weighted by Crippen LogP contribution is 2.38. The molecule has 0 aliphatic carbocycles. The van der Waals surface area contributed by atoms with Crippen LogP contribution >= 0.6 is 0 Å². The van der Waals surface area contributed by atoms with Crippen LogP contribution in [0.5, 0.6) is 0 Å². The molecule has 0 aromatic carbocycles. The second kappa shape index (κ2) is 19.7. The first-order chi connectivity index (χ1) is 19.7. The number of ether oxygens (including phenoxy) is 1. The Kier molecular flexibility index (Phi) is 19.4. The van der Waals surface area contributed by atoms with Crippen molar-refractivity contribution in [2.24, 2.45) is 0 Å². The summed E-state index contributed by atoms with van der Waals surface area (Å²) in [6.45, 7) is 29.1. The highest BCUT2D eigenvalue weighted by atomic mass is 28.4. The number of hydrogen-bond donors (Lipinski definition) is 0. The minimum atomic E-state index is -2.05. The predicted molar refractivity (Wildman–Crippen MR) is 188 cm³/mol. The van der Waals surface area contributed by atoms with Crippen molar-refractivity contribution in [3.63, 3.8) is 0 Å². The molecule has 0 bridgehead atoms. The number of nitrogens with zero attached hydrogens (tertiary/aromatic N) is 2. The van der Waals surface area contributed by atoms with Gasteiger partial charge in [0.25, 0.3) is 0 Å². The fourth-order valence-electron chi connectivity index (χ4n) is 4.32. The van der Waals surface area contributed by atoms with Gasteiger partial charge in [-0.1, -0.05) is 81.1 Å². The maximum absolute atomic E-state index is 13.9. The minimum absolute atomic E-state index is 0.0200. The molecule has 43 heavy (non-hydrogen) atoms. The SMILES string of the molecule is CCCCCCC(CCC)OC(=O)CCC(=O)N(CCCN(C)C)C(CO[Si](C)(C)C(C)(C)C)CO[Si](C)(C)C(C)(C)C. The monoisotopic (exact) mass is 644 g/mol. The van der Waals surface area contributed by atoms with E-state index in [0.29, 0.717) is 19.8 Å². The van der Waals surface area contributed by atoms with Crippen molar-refractivity contribution in [3.05, 3.63) is 0 Å². The van der Waals surface area contributed by atoms with Crippen LogP contribution in [-0.2, 0) is 23.2 Å². The molecule has 1 amide bonds. The molecule has 0 aliphatic rings. The molecule has 0 fully saturated rings. The summed E-state index contributed by atoms with van der Waals surface area (Å²) in [5.41, 5.74) is 0. The average molecular weight is 645 g/mol. The maximum atomic E-state index is 13.9. The van der Waals surface area contributed by atoms with Crippen molar-refractivity contribution in [3.8, 4) is 0 Å². The third-order valence-electron chi connectivity index (χ3n) is 9.48. The Hall–Kier alpha value is -0.746. The Balaban J connectivity index is 5.84. The van der Waals surface area contributed by atoms with Gasteiger partial charge in [0.1, 0.15) is 6.10 Å². The summed E-state index contributed by atoms with van der Waals surface area (Å²) >= 11 is 0. The summed E-state index contributed by atoms with van der Waals surface area (Å²) in [5.74, 6) is -0.282. The van der Waals surface area contributed by atoms with Crippen LogP contribution < -0.4 is 0 Å². The number of carbonyl (C=O) groups excluding carboxylic acids is 2. The van der Waals surface area contributed by atoms with E-state index in [-0.39, 0.29) is 46.9 Å². The van der Waals surface area contributed by atoms with Gasteiger partial charge in [-0.2, -0.15) is 0 Å². The lowest BCUT2D eigenvalue weighted by atomic mass is 10.1. The van der Waals surface area contributed by atoms with Gasteiger partial charge in [-0.25, -0.2) is 0 Å². The molecule has 0 aromatic heterocycles. The van der Waals surface area contributed by atoms with Crippen LogP contribution in [0.25, 0.3) is 0 Å². The van der Waals surface area contributed by atoms with Gasteiger partial charge in [-0.15, -0.1) is 0 Å². The van der Waals surface area contributed by atoms with Crippen LogP contribution in [0.2, 0.25) is 36.3 Å². The van der Waals surface area contributed by atoms with Crippen LogP contribution in [0.1, 0.15) is 120 Å². The minimum Gasteiger partial charge on any atom is -0.462 e. The van der Waals surface area contributed by atoms with Gasteiger partial charge >= 0.3 is 5.97 Å². The molecular weight excluding hydrogens is 573 g/mol. The summed E-state index contributed by atoms with van der Waals surface area (Å²) in [5, 5.41) is 0.125. The molecule has 0 saturated heterocycles. The van der Waals surface area contributed by atoms with Gasteiger partial charge in [0.2, 0.25) is 5.91 Å². The van der Waals surface area contributed by atoms with E-state index < -0.39 is 16.6 Å². The molecule has 7 nitrogen and oxygen atoms in total. The third-order valence-corrected chi connectivity index (χ3v) is 18.5. The van der Waals surface area contributed by atoms with Crippen LogP contribution in [0, 0.1) is 0 Å². The van der Waals surface area contributed by atoms with Crippen LogP contribution in [0.15, 0.2) is 0 Å². The lowest BCUT2D eigenvalue weighted by molar-refractivity contribution is -0.152. The second-order valence-corrected chi connectivity index (χ2v) is 25.4. The average Bonchev–Trinajstić information content (AvgIpc) is 2.86. The van der Waals surface area contributed by atoms with Gasteiger partial charge < -0.3 is 23.4 Å². The maximum Gasteiger partial charge on any atom is 0.306 e. The van der Waals surface area contributed by atoms with E-state index in [1.54, 1.807) is 0 Å². The Morgan fingerprint density at radius 1 is 0.698 bits per heavy atom. The molecule has 0 spiro atoms. The fourth-order valence-corrected chi connectivity index (χ4v) is 6.40. The summed E-state index contributed by atoms with van der Waals surface area (Å²) < 4.78 is 19.3. The predicted octanol–water partition coefficient (Wildman–Crippen LogP) is 8.64. The van der Waals surface area contributed by atoms with E-state index in [1.165, 1.54) is 19.3 Å². The number of carbonyl (C=O) groups is 2. The number of rotatable bonds is 22. The van der Waals surface area contributed by atoms with Crippen molar-refractivity contribution < 1.29 is 23.2 Å². The molecule has 0 aromatic rings. The molecule has 0 saturated carbocycles. The smallest absolute Gasteiger partial charge is 0.306 e. The Morgan fingerprint density at radius 3 is 1.67 bits per heavy atom. The topological polar surface area (TPSA) is 68.3 Å². The van der Waals surface area contributed by atoms with E-state index in [9.17, 15) is 9.59 Å². The number of esters is 1. The van der Waals surface area contributed by atoms with E-state index in [4.69, 9.17) is 13.6 Å². The molecule has 256 valence electrons. The summed E-state index contributed by atoms with van der Waals surface area (Å²) in [7, 11) is -0.00317. The fraction of sp³-hybridized carbons (Fsp3) is 0.941. The van der Waals surface area contributed by atoms with Crippen LogP contribution in [0.4, 0.5) is 0 Å². The van der Waals surface area contributed by atoms with Crippen molar-refractivity contribution >= 4 is 28.5 Å². The number of amides is 1. The van der Waals surface area contributed by atoms with Crippen LogP contribution in [0.3, 0.4) is 0 Å². The molecule has 1 unspecified atom stereocenters. The van der Waals surface area contributed by atoms with Gasteiger partial charge in [0.15, 0.2) is 16.6 Å². The largest absolute Gasteiger partial charge is 0.462 e. The highest BCUT2D eigenvalue weighted by Gasteiger charge is 2.41. The first-order valence-corrected chi connectivity index (χ1v) is 22.9. The zero-order valence-corrected chi connectivity index (χ0v) is 33.0. The zero-order chi connectivity index (χ0) is 33.5. The third kappa shape index (κ3) is 16.9. The zero-order valence-electron chi connectivity index (χ0n) is 31.0. The molecule has 0 aliphatic heterocycles. The lowest BCUT2D eigenvalue weighted by Gasteiger charge is -2.42. The summed E-state index contributed by atoms with van der Waals surface area (Å²) in [6.07, 6.45) is 8.46. The second-order valence-electron chi connectivity index (χ2n) is 15.8. The van der Waals surface area contributed by atoms with E-state index in [1.807, 2.05) is 4.90 Å². The normalized spacial score (nSPS) is 14.0. The van der Waals surface area contributed by atoms with E-state index in [2.05, 4.69) is 101 Å². The van der Waals surface area contributed by atoms with Gasteiger partial charge in [0.05, 0.1) is 25.7 Å². The molecule has 0 radical (unpaired) electrons. The summed E-state index contributed by atoms with van der Waals surface area (Å²) in [6, 6.07) is -0.208. The van der Waals surface area contributed by atoms with Crippen LogP contribution in [-0.4, -0.2) is 90.9 Å². The Morgan fingerprint density at radius 2 is 1.23 bits per heavy atom. The number of hydrogen-bond acceptors (Lipinski definition) is 6. The highest BCUT2D eigenvalue weighted by molar-refractivity contribution is 6.74. The standard InChI is InChI=1S/C34H72N2O5Si2/c1-15-17-18-19-22-30(21-16-2)41-32(38)24-23-31(37)36(26-20-25-35(9)10)29(27-39-42(11,12)33(3,4)5)28-40-43(13,14)34(6,7)8/h29-30H,15-28H2,1-14H3. The van der Waals surface area contributed by atoms with Gasteiger partial charge in [-0.3, -0.25) is 9.59 Å². The van der Waals surface area contributed by atoms with Crippen molar-refractivity contribution in [1.29, 1.82) is 0 Å². The molecule has 0 N–H and O–H groups in total. The van der Waals surface area contributed by atoms with Crippen molar-refractivity contribution in [2.75, 3.05) is 40.4 Å². The molecule has 0 heterocycles. The molecular formula is C34H72N2O5Si2. The Bertz CT molecular complexity index is 761. The van der Waals surface area contributed by atoms with Gasteiger partial charge in [0, 0.05) is 13.0 Å². The van der Waals surface area contributed by atoms with Crippen molar-refractivity contribution in [1.82, 2.24) is 9.80 Å². The van der Waals surface area contributed by atoms with E-state index in [0.717, 1.165) is 38.6 Å². The molecule has 9 heteroatoms. The first-order valence-electron chi connectivity index (χ1n) is 17.1. The number of unbranched alkanes of at least 4 members (excludes halogenated alkanes) is 3. The molecule has 0 rings (SSSR count). The first kappa shape index (κ1) is 42.3. The quantitative estimate of drug-likeness (QED) is 0.0668. The molecule has 1 atom stereocenters. The van der Waals surface area contributed by atoms with E-state index >= 15 is 0 Å². The lowest BCUT2D eigenvalue weighted by Crippen LogP contribution is -2.52.